The lowest BCUT2D eigenvalue weighted by atomic mass is 10.1. The van der Waals surface area contributed by atoms with Crippen LogP contribution in [0.3, 0.4) is 0 Å². The van der Waals surface area contributed by atoms with Crippen LogP contribution in [0.2, 0.25) is 0 Å². The van der Waals surface area contributed by atoms with Crippen molar-refractivity contribution in [3.8, 4) is 5.75 Å². The smallest absolute Gasteiger partial charge is 0.137 e. The molecule has 4 heteroatoms. The molecule has 1 aliphatic rings. The summed E-state index contributed by atoms with van der Waals surface area (Å²) in [5, 5.41) is 4.59. The van der Waals surface area contributed by atoms with E-state index in [9.17, 15) is 0 Å². The molecule has 0 amide bonds. The molecule has 1 fully saturated rings. The highest BCUT2D eigenvalue weighted by Gasteiger charge is 2.19. The van der Waals surface area contributed by atoms with Crippen molar-refractivity contribution in [3.05, 3.63) is 30.0 Å². The second-order valence-electron chi connectivity index (χ2n) is 5.60. The van der Waals surface area contributed by atoms with E-state index in [0.29, 0.717) is 6.61 Å². The molecule has 1 saturated carbocycles. The van der Waals surface area contributed by atoms with E-state index in [1.165, 1.54) is 18.4 Å². The monoisotopic (exact) mass is 289 g/mol. The van der Waals surface area contributed by atoms with E-state index in [0.717, 1.165) is 48.8 Å². The van der Waals surface area contributed by atoms with Crippen molar-refractivity contribution < 1.29 is 13.9 Å². The standard InChI is InChI=1S/C17H23NO3/c1-19-8-2-9-20-16-11-13(5-7-18-14-3-4-14)12-17-15(16)6-10-21-17/h6,10-12,14,18H,2-5,7-9H2,1H3. The fourth-order valence-electron chi connectivity index (χ4n) is 2.45. The quantitative estimate of drug-likeness (QED) is 0.720. The van der Waals surface area contributed by atoms with Crippen LogP contribution in [-0.4, -0.2) is 32.9 Å². The summed E-state index contributed by atoms with van der Waals surface area (Å²) < 4.78 is 16.5. The largest absolute Gasteiger partial charge is 0.493 e. The van der Waals surface area contributed by atoms with Gasteiger partial charge in [0, 0.05) is 26.2 Å². The summed E-state index contributed by atoms with van der Waals surface area (Å²) in [5.74, 6) is 0.916. The summed E-state index contributed by atoms with van der Waals surface area (Å²) in [6.45, 7) is 2.40. The number of ether oxygens (including phenoxy) is 2. The van der Waals surface area contributed by atoms with Gasteiger partial charge in [-0.15, -0.1) is 0 Å². The first-order valence-corrected chi connectivity index (χ1v) is 7.72. The number of benzene rings is 1. The number of hydrogen-bond donors (Lipinski definition) is 1. The van der Waals surface area contributed by atoms with E-state index in [4.69, 9.17) is 13.9 Å². The van der Waals surface area contributed by atoms with Crippen LogP contribution in [-0.2, 0) is 11.2 Å². The second kappa shape index (κ2) is 6.96. The molecular formula is C17H23NO3. The van der Waals surface area contributed by atoms with Crippen LogP contribution in [0.25, 0.3) is 11.0 Å². The molecule has 0 saturated heterocycles. The number of methoxy groups -OCH3 is 1. The maximum Gasteiger partial charge on any atom is 0.137 e. The van der Waals surface area contributed by atoms with Crippen molar-refractivity contribution in [2.24, 2.45) is 0 Å². The molecule has 0 radical (unpaired) electrons. The molecule has 0 atom stereocenters. The Morgan fingerprint density at radius 3 is 3.00 bits per heavy atom. The first-order valence-electron chi connectivity index (χ1n) is 7.72. The van der Waals surface area contributed by atoms with E-state index >= 15 is 0 Å². The third-order valence-electron chi connectivity index (χ3n) is 3.77. The summed E-state index contributed by atoms with van der Waals surface area (Å²) in [6.07, 6.45) is 6.26. The third-order valence-corrected chi connectivity index (χ3v) is 3.77. The van der Waals surface area contributed by atoms with E-state index in [1.54, 1.807) is 13.4 Å². The fraction of sp³-hybridized carbons (Fsp3) is 0.529. The van der Waals surface area contributed by atoms with Crippen molar-refractivity contribution >= 4 is 11.0 Å². The predicted molar refractivity (Wildman–Crippen MR) is 82.9 cm³/mol. The third kappa shape index (κ3) is 3.99. The molecule has 0 unspecified atom stereocenters. The maximum atomic E-state index is 5.90. The second-order valence-corrected chi connectivity index (χ2v) is 5.60. The summed E-state index contributed by atoms with van der Waals surface area (Å²) >= 11 is 0. The molecule has 0 spiro atoms. The van der Waals surface area contributed by atoms with Crippen LogP contribution >= 0.6 is 0 Å². The lowest BCUT2D eigenvalue weighted by molar-refractivity contribution is 0.172. The molecule has 0 bridgehead atoms. The van der Waals surface area contributed by atoms with Crippen molar-refractivity contribution in [1.82, 2.24) is 5.32 Å². The van der Waals surface area contributed by atoms with Gasteiger partial charge in [-0.25, -0.2) is 0 Å². The molecule has 1 aromatic heterocycles. The number of furan rings is 1. The van der Waals surface area contributed by atoms with Crippen molar-refractivity contribution in [3.63, 3.8) is 0 Å². The zero-order chi connectivity index (χ0) is 14.5. The van der Waals surface area contributed by atoms with Crippen LogP contribution in [0.4, 0.5) is 0 Å². The van der Waals surface area contributed by atoms with Gasteiger partial charge >= 0.3 is 0 Å². The summed E-state index contributed by atoms with van der Waals surface area (Å²) in [5.41, 5.74) is 2.16. The van der Waals surface area contributed by atoms with Crippen LogP contribution in [0.1, 0.15) is 24.8 Å². The normalized spacial score (nSPS) is 14.7. The molecular weight excluding hydrogens is 266 g/mol. The average molecular weight is 289 g/mol. The SMILES string of the molecule is COCCCOc1cc(CCNC2CC2)cc2occc12. The average Bonchev–Trinajstić information content (AvgIpc) is 3.18. The number of fused-ring (bicyclic) bond motifs is 1. The molecule has 1 N–H and O–H groups in total. The summed E-state index contributed by atoms with van der Waals surface area (Å²) in [4.78, 5) is 0. The highest BCUT2D eigenvalue weighted by molar-refractivity contribution is 5.84. The van der Waals surface area contributed by atoms with Gasteiger partial charge < -0.3 is 19.2 Å². The van der Waals surface area contributed by atoms with Gasteiger partial charge in [0.1, 0.15) is 11.3 Å². The number of hydrogen-bond acceptors (Lipinski definition) is 4. The van der Waals surface area contributed by atoms with Gasteiger partial charge in [0.05, 0.1) is 18.3 Å². The molecule has 0 aliphatic heterocycles. The zero-order valence-electron chi connectivity index (χ0n) is 12.6. The van der Waals surface area contributed by atoms with Gasteiger partial charge in [0.2, 0.25) is 0 Å². The Bertz CT molecular complexity index is 574. The number of nitrogens with one attached hydrogen (secondary N) is 1. The first-order chi connectivity index (χ1) is 10.4. The van der Waals surface area contributed by atoms with Gasteiger partial charge in [-0.2, -0.15) is 0 Å². The van der Waals surface area contributed by atoms with Gasteiger partial charge in [-0.1, -0.05) is 0 Å². The molecule has 4 nitrogen and oxygen atoms in total. The topological polar surface area (TPSA) is 43.6 Å². The predicted octanol–water partition coefficient (Wildman–Crippen LogP) is 3.14. The molecule has 3 rings (SSSR count). The molecule has 21 heavy (non-hydrogen) atoms. The highest BCUT2D eigenvalue weighted by Crippen LogP contribution is 2.29. The highest BCUT2D eigenvalue weighted by atomic mass is 16.5. The Kier molecular flexibility index (Phi) is 4.78. The van der Waals surface area contributed by atoms with E-state index in [1.807, 2.05) is 6.07 Å². The fourth-order valence-corrected chi connectivity index (χ4v) is 2.45. The minimum Gasteiger partial charge on any atom is -0.493 e. The van der Waals surface area contributed by atoms with Crippen LogP contribution in [0.5, 0.6) is 5.75 Å². The Morgan fingerprint density at radius 2 is 2.19 bits per heavy atom. The molecule has 1 aromatic carbocycles. The minimum atomic E-state index is 0.665. The molecule has 2 aromatic rings. The minimum absolute atomic E-state index is 0.665. The van der Waals surface area contributed by atoms with E-state index in [2.05, 4.69) is 17.4 Å². The van der Waals surface area contributed by atoms with Gasteiger partial charge in [-0.3, -0.25) is 0 Å². The van der Waals surface area contributed by atoms with Crippen molar-refractivity contribution in [2.45, 2.75) is 31.7 Å². The Hall–Kier alpha value is -1.52. The van der Waals surface area contributed by atoms with Crippen LogP contribution in [0, 0.1) is 0 Å². The summed E-state index contributed by atoms with van der Waals surface area (Å²) in [7, 11) is 1.71. The van der Waals surface area contributed by atoms with E-state index < -0.39 is 0 Å². The van der Waals surface area contributed by atoms with Crippen LogP contribution < -0.4 is 10.1 Å². The molecule has 114 valence electrons. The lowest BCUT2D eigenvalue weighted by Gasteiger charge is -2.10. The molecule has 1 heterocycles. The first kappa shape index (κ1) is 14.4. The van der Waals surface area contributed by atoms with E-state index in [-0.39, 0.29) is 0 Å². The van der Waals surface area contributed by atoms with Crippen molar-refractivity contribution in [1.29, 1.82) is 0 Å². The summed E-state index contributed by atoms with van der Waals surface area (Å²) in [6, 6.07) is 6.97. The lowest BCUT2D eigenvalue weighted by Crippen LogP contribution is -2.19. The zero-order valence-corrected chi connectivity index (χ0v) is 12.6. The Labute approximate surface area is 125 Å². The van der Waals surface area contributed by atoms with Gasteiger partial charge in [0.15, 0.2) is 0 Å². The van der Waals surface area contributed by atoms with Gasteiger partial charge in [0.25, 0.3) is 0 Å². The maximum absolute atomic E-state index is 5.90. The number of rotatable bonds is 9. The van der Waals surface area contributed by atoms with Gasteiger partial charge in [-0.05, 0) is 49.6 Å². The van der Waals surface area contributed by atoms with Crippen molar-refractivity contribution in [2.75, 3.05) is 26.9 Å². The Morgan fingerprint density at radius 1 is 1.29 bits per heavy atom. The molecule has 1 aliphatic carbocycles. The Balaban J connectivity index is 1.65. The van der Waals surface area contributed by atoms with Crippen LogP contribution in [0.15, 0.2) is 28.9 Å².